The van der Waals surface area contributed by atoms with Gasteiger partial charge in [-0.3, -0.25) is 4.55 Å². The molecule has 0 saturated heterocycles. The minimum Gasteiger partial charge on any atom is -0.283 e. The van der Waals surface area contributed by atoms with E-state index in [-0.39, 0.29) is 6.42 Å². The molecule has 0 rings (SSSR count). The van der Waals surface area contributed by atoms with Crippen molar-refractivity contribution in [1.82, 2.24) is 0 Å². The lowest BCUT2D eigenvalue weighted by Gasteiger charge is -2.18. The summed E-state index contributed by atoms with van der Waals surface area (Å²) < 4.78 is 47.3. The molecule has 0 aliphatic rings. The Hall–Kier alpha value is -0.420. The quantitative estimate of drug-likeness (QED) is 0.0856. The Balaban J connectivity index is 3.77. The number of rotatable bonds is 24. The summed E-state index contributed by atoms with van der Waals surface area (Å²) in [4.78, 5) is 0. The molecule has 0 spiro atoms. The van der Waals surface area contributed by atoms with Crippen molar-refractivity contribution in [3.8, 4) is 0 Å². The lowest BCUT2D eigenvalue weighted by Crippen LogP contribution is -2.31. The highest BCUT2D eigenvalue weighted by Gasteiger charge is 2.40. The van der Waals surface area contributed by atoms with Gasteiger partial charge in [-0.05, 0) is 25.3 Å². The first-order chi connectivity index (χ1) is 15.4. The van der Waals surface area contributed by atoms with Crippen LogP contribution in [-0.4, -0.2) is 18.0 Å². The fraction of sp³-hybridized carbons (Fsp3) is 0.926. The Morgan fingerprint density at radius 3 is 1.34 bits per heavy atom. The van der Waals surface area contributed by atoms with Gasteiger partial charge in [0.05, 0.1) is 0 Å². The molecule has 32 heavy (non-hydrogen) atoms. The Bertz CT molecular complexity index is 533. The molecular weight excluding hydrogens is 423 g/mol. The van der Waals surface area contributed by atoms with Gasteiger partial charge in [-0.1, -0.05) is 135 Å². The summed E-state index contributed by atoms with van der Waals surface area (Å²) in [5, 5.41) is -2.63. The lowest BCUT2D eigenvalue weighted by molar-refractivity contribution is 0.276. The third-order valence-electron chi connectivity index (χ3n) is 6.39. The Kier molecular flexibility index (Phi) is 20.9. The van der Waals surface area contributed by atoms with Crippen LogP contribution in [0.3, 0.4) is 0 Å². The summed E-state index contributed by atoms with van der Waals surface area (Å²) in [6.45, 7) is 4.39. The molecule has 192 valence electrons. The van der Waals surface area contributed by atoms with Gasteiger partial charge in [-0.2, -0.15) is 8.42 Å². The van der Waals surface area contributed by atoms with Gasteiger partial charge in [0.2, 0.25) is 0 Å². The van der Waals surface area contributed by atoms with Crippen LogP contribution in [0.25, 0.3) is 0 Å². The summed E-state index contributed by atoms with van der Waals surface area (Å²) >= 11 is 0. The molecule has 1 unspecified atom stereocenters. The number of hydrogen-bond donors (Lipinski definition) is 1. The van der Waals surface area contributed by atoms with Crippen molar-refractivity contribution in [3.63, 3.8) is 0 Å². The zero-order valence-corrected chi connectivity index (χ0v) is 22.1. The zero-order chi connectivity index (χ0) is 24.0. The summed E-state index contributed by atoms with van der Waals surface area (Å²) in [5.41, 5.74) is 0. The first-order valence-corrected chi connectivity index (χ1v) is 15.1. The molecule has 0 amide bonds. The van der Waals surface area contributed by atoms with Crippen LogP contribution in [0, 0.1) is 0 Å². The van der Waals surface area contributed by atoms with E-state index in [1.165, 1.54) is 77.0 Å². The van der Waals surface area contributed by atoms with E-state index in [9.17, 15) is 17.4 Å². The average Bonchev–Trinajstić information content (AvgIpc) is 2.75. The van der Waals surface area contributed by atoms with E-state index in [0.29, 0.717) is 12.8 Å². The SMILES string of the molecule is CCCCCCCCCCCCCCCCC=CC(F)(CCCCCCCC)S(=O)(=O)O. The van der Waals surface area contributed by atoms with E-state index in [2.05, 4.69) is 13.8 Å². The smallest absolute Gasteiger partial charge is 0.283 e. The van der Waals surface area contributed by atoms with Crippen molar-refractivity contribution < 1.29 is 17.4 Å². The molecule has 0 aliphatic carbocycles. The number of halogens is 1. The molecule has 1 N–H and O–H groups in total. The van der Waals surface area contributed by atoms with Crippen LogP contribution in [0.1, 0.15) is 155 Å². The minimum atomic E-state index is -4.74. The largest absolute Gasteiger partial charge is 0.304 e. The molecule has 0 saturated carbocycles. The molecule has 0 bridgehead atoms. The van der Waals surface area contributed by atoms with Crippen LogP contribution < -0.4 is 0 Å². The third kappa shape index (κ3) is 18.1. The van der Waals surface area contributed by atoms with Gasteiger partial charge < -0.3 is 0 Å². The predicted octanol–water partition coefficient (Wildman–Crippen LogP) is 9.72. The van der Waals surface area contributed by atoms with Crippen molar-refractivity contribution in [2.24, 2.45) is 0 Å². The molecule has 0 heterocycles. The Labute approximate surface area is 199 Å². The fourth-order valence-electron chi connectivity index (χ4n) is 4.16. The fourth-order valence-corrected chi connectivity index (χ4v) is 4.83. The molecule has 1 atom stereocenters. The second kappa shape index (κ2) is 21.1. The van der Waals surface area contributed by atoms with Crippen molar-refractivity contribution >= 4 is 10.1 Å². The first kappa shape index (κ1) is 31.6. The van der Waals surface area contributed by atoms with Crippen LogP contribution in [0.2, 0.25) is 0 Å². The number of allylic oxidation sites excluding steroid dienone is 1. The number of unbranched alkanes of at least 4 members (excludes halogenated alkanes) is 19. The van der Waals surface area contributed by atoms with Crippen LogP contribution in [0.5, 0.6) is 0 Å². The van der Waals surface area contributed by atoms with E-state index < -0.39 is 15.1 Å². The van der Waals surface area contributed by atoms with Gasteiger partial charge in [0, 0.05) is 6.42 Å². The van der Waals surface area contributed by atoms with Crippen LogP contribution in [0.15, 0.2) is 12.2 Å². The van der Waals surface area contributed by atoms with Crippen molar-refractivity contribution in [1.29, 1.82) is 0 Å². The summed E-state index contributed by atoms with van der Waals surface area (Å²) in [5.74, 6) is 0. The average molecular weight is 477 g/mol. The minimum absolute atomic E-state index is 0.160. The van der Waals surface area contributed by atoms with E-state index in [0.717, 1.165) is 51.0 Å². The van der Waals surface area contributed by atoms with E-state index in [1.54, 1.807) is 6.08 Å². The maximum Gasteiger partial charge on any atom is 0.304 e. The summed E-state index contributed by atoms with van der Waals surface area (Å²) in [6.07, 6.45) is 26.9. The Morgan fingerprint density at radius 1 is 0.625 bits per heavy atom. The van der Waals surface area contributed by atoms with Gasteiger partial charge in [0.25, 0.3) is 5.00 Å². The maximum atomic E-state index is 14.8. The van der Waals surface area contributed by atoms with Crippen LogP contribution in [0.4, 0.5) is 4.39 Å². The van der Waals surface area contributed by atoms with Crippen LogP contribution in [-0.2, 0) is 10.1 Å². The molecular formula is C27H53FO3S. The lowest BCUT2D eigenvalue weighted by atomic mass is 10.0. The number of hydrogen-bond acceptors (Lipinski definition) is 2. The van der Waals surface area contributed by atoms with Gasteiger partial charge in [0.1, 0.15) is 0 Å². The third-order valence-corrected chi connectivity index (χ3v) is 7.59. The second-order valence-corrected chi connectivity index (χ2v) is 11.2. The first-order valence-electron chi connectivity index (χ1n) is 13.7. The standard InChI is InChI=1S/C27H53FO3S/c1-3-5-7-9-11-12-13-14-15-16-17-18-19-20-22-24-26-27(28,32(29,30)31)25-23-21-10-8-6-4-2/h24,26H,3-23,25H2,1-2H3,(H,29,30,31). The highest BCUT2D eigenvalue weighted by Crippen LogP contribution is 2.28. The van der Waals surface area contributed by atoms with E-state index in [1.807, 2.05) is 0 Å². The topological polar surface area (TPSA) is 54.4 Å². The monoisotopic (exact) mass is 476 g/mol. The highest BCUT2D eigenvalue weighted by atomic mass is 32.2. The molecule has 0 fully saturated rings. The zero-order valence-electron chi connectivity index (χ0n) is 21.3. The molecule has 0 aromatic rings. The van der Waals surface area contributed by atoms with Crippen molar-refractivity contribution in [2.75, 3.05) is 0 Å². The maximum absolute atomic E-state index is 14.8. The second-order valence-electron chi connectivity index (χ2n) is 9.57. The summed E-state index contributed by atoms with van der Waals surface area (Å²) in [7, 11) is -4.74. The van der Waals surface area contributed by atoms with Gasteiger partial charge >= 0.3 is 10.1 Å². The van der Waals surface area contributed by atoms with Gasteiger partial charge in [0.15, 0.2) is 0 Å². The number of alkyl halides is 1. The Morgan fingerprint density at radius 2 is 0.969 bits per heavy atom. The molecule has 0 aliphatic heterocycles. The van der Waals surface area contributed by atoms with Gasteiger partial charge in [-0.25, -0.2) is 4.39 Å². The van der Waals surface area contributed by atoms with E-state index in [4.69, 9.17) is 0 Å². The van der Waals surface area contributed by atoms with Crippen molar-refractivity contribution in [3.05, 3.63) is 12.2 Å². The molecule has 3 nitrogen and oxygen atoms in total. The molecule has 0 aromatic heterocycles. The normalized spacial score (nSPS) is 14.2. The molecule has 0 radical (unpaired) electrons. The van der Waals surface area contributed by atoms with Gasteiger partial charge in [-0.15, -0.1) is 0 Å². The molecule has 5 heteroatoms. The van der Waals surface area contributed by atoms with E-state index >= 15 is 0 Å². The molecule has 0 aromatic carbocycles. The van der Waals surface area contributed by atoms with Crippen molar-refractivity contribution in [2.45, 2.75) is 160 Å². The summed E-state index contributed by atoms with van der Waals surface area (Å²) in [6, 6.07) is 0. The van der Waals surface area contributed by atoms with Crippen LogP contribution >= 0.6 is 0 Å². The highest BCUT2D eigenvalue weighted by molar-refractivity contribution is 7.87. The predicted molar refractivity (Wildman–Crippen MR) is 137 cm³/mol.